The largest absolute Gasteiger partial charge is 0.271 e. The van der Waals surface area contributed by atoms with Gasteiger partial charge in [0.1, 0.15) is 12.7 Å². The number of hydrogen-bond acceptors (Lipinski definition) is 3. The fourth-order valence-electron chi connectivity index (χ4n) is 1.26. The molecule has 1 amide bonds. The smallest absolute Gasteiger partial charge is 0.267 e. The first kappa shape index (κ1) is 9.39. The average molecular weight is 202 g/mol. The summed E-state index contributed by atoms with van der Waals surface area (Å²) in [4.78, 5) is 16.7. The van der Waals surface area contributed by atoms with Crippen molar-refractivity contribution < 1.29 is 4.79 Å². The Balaban J connectivity index is 2.19. The van der Waals surface area contributed by atoms with Gasteiger partial charge in [-0.25, -0.2) is 10.4 Å². The summed E-state index contributed by atoms with van der Waals surface area (Å²) in [5, 5.41) is 3.78. The second-order valence-electron chi connectivity index (χ2n) is 3.10. The van der Waals surface area contributed by atoms with Gasteiger partial charge in [-0.2, -0.15) is 4.79 Å². The summed E-state index contributed by atoms with van der Waals surface area (Å²) >= 11 is 0. The highest BCUT2D eigenvalue weighted by atomic mass is 16.2. The molecule has 76 valence electrons. The van der Waals surface area contributed by atoms with Gasteiger partial charge >= 0.3 is 0 Å². The lowest BCUT2D eigenvalue weighted by molar-refractivity contribution is 0.100. The van der Waals surface area contributed by atoms with Crippen LogP contribution in [0.3, 0.4) is 0 Å². The summed E-state index contributed by atoms with van der Waals surface area (Å²) < 4.78 is 0. The maximum absolute atomic E-state index is 11.7. The number of nitrogens with zero attached hydrogens (tertiary/aromatic N) is 3. The summed E-state index contributed by atoms with van der Waals surface area (Å²) in [6.45, 7) is 1.89. The molecule has 0 aliphatic heterocycles. The Kier molecular flexibility index (Phi) is 2.45. The van der Waals surface area contributed by atoms with E-state index in [9.17, 15) is 4.79 Å². The van der Waals surface area contributed by atoms with Gasteiger partial charge in [0.25, 0.3) is 5.91 Å². The molecule has 0 bridgehead atoms. The monoisotopic (exact) mass is 202 g/mol. The fourth-order valence-corrected chi connectivity index (χ4v) is 1.26. The number of carbonyl (C=O) groups excluding carboxylic acids is 1. The van der Waals surface area contributed by atoms with Gasteiger partial charge in [-0.3, -0.25) is 4.79 Å². The van der Waals surface area contributed by atoms with Crippen molar-refractivity contribution in [1.82, 2.24) is 14.9 Å². The number of rotatable bonds is 2. The fraction of sp³-hybridized carbons (Fsp3) is 0.100. The quantitative estimate of drug-likeness (QED) is 0.789. The number of carbonyl (C=O) groups is 1. The number of aromatic nitrogens is 3. The molecule has 1 aromatic carbocycles. The predicted octanol–water partition coefficient (Wildman–Crippen LogP) is 0.970. The van der Waals surface area contributed by atoms with E-state index < -0.39 is 0 Å². The van der Waals surface area contributed by atoms with E-state index in [1.807, 2.05) is 25.1 Å². The van der Waals surface area contributed by atoms with Crippen LogP contribution in [0.2, 0.25) is 0 Å². The lowest BCUT2D eigenvalue weighted by atomic mass is 10.1. The Hall–Kier alpha value is -2.17. The van der Waals surface area contributed by atoms with E-state index in [1.165, 1.54) is 17.4 Å². The van der Waals surface area contributed by atoms with Crippen molar-refractivity contribution in [2.24, 2.45) is 0 Å². The summed E-state index contributed by atoms with van der Waals surface area (Å²) in [6, 6.07) is 7.36. The third-order valence-corrected chi connectivity index (χ3v) is 2.02. The molecule has 2 rings (SSSR count). The van der Waals surface area contributed by atoms with Crippen molar-refractivity contribution in [2.75, 3.05) is 5.43 Å². The molecule has 5 nitrogen and oxygen atoms in total. The molecule has 5 heteroatoms. The third-order valence-electron chi connectivity index (χ3n) is 2.02. The minimum absolute atomic E-state index is 0.196. The van der Waals surface area contributed by atoms with Crippen LogP contribution >= 0.6 is 0 Å². The van der Waals surface area contributed by atoms with E-state index in [1.54, 1.807) is 6.07 Å². The summed E-state index contributed by atoms with van der Waals surface area (Å²) in [7, 11) is 0. The zero-order chi connectivity index (χ0) is 10.7. The van der Waals surface area contributed by atoms with E-state index in [0.29, 0.717) is 5.56 Å². The van der Waals surface area contributed by atoms with Crippen molar-refractivity contribution >= 4 is 5.91 Å². The van der Waals surface area contributed by atoms with Crippen LogP contribution in [-0.2, 0) is 0 Å². The molecule has 1 N–H and O–H groups in total. The van der Waals surface area contributed by atoms with Crippen LogP contribution in [0.4, 0.5) is 0 Å². The summed E-state index contributed by atoms with van der Waals surface area (Å²) in [5.74, 6) is -0.196. The second kappa shape index (κ2) is 3.91. The topological polar surface area (TPSA) is 59.8 Å². The predicted molar refractivity (Wildman–Crippen MR) is 54.9 cm³/mol. The molecule has 1 aromatic heterocycles. The minimum atomic E-state index is -0.196. The molecule has 0 radical (unpaired) electrons. The van der Waals surface area contributed by atoms with Gasteiger partial charge < -0.3 is 0 Å². The molecular weight excluding hydrogens is 192 g/mol. The molecule has 0 aliphatic carbocycles. The Morgan fingerprint density at radius 2 is 2.20 bits per heavy atom. The van der Waals surface area contributed by atoms with Crippen molar-refractivity contribution in [3.05, 3.63) is 48.0 Å². The van der Waals surface area contributed by atoms with Gasteiger partial charge in [0, 0.05) is 5.56 Å². The lowest BCUT2D eigenvalue weighted by Crippen LogP contribution is -2.23. The molecule has 0 saturated heterocycles. The number of amides is 1. The molecule has 0 fully saturated rings. The van der Waals surface area contributed by atoms with Crippen LogP contribution < -0.4 is 5.43 Å². The van der Waals surface area contributed by atoms with Crippen molar-refractivity contribution in [3.63, 3.8) is 0 Å². The molecule has 0 atom stereocenters. The Bertz CT molecular complexity index is 464. The van der Waals surface area contributed by atoms with Crippen molar-refractivity contribution in [3.8, 4) is 0 Å². The number of aryl methyl sites for hydroxylation is 1. The zero-order valence-corrected chi connectivity index (χ0v) is 8.21. The van der Waals surface area contributed by atoms with E-state index in [4.69, 9.17) is 0 Å². The third kappa shape index (κ3) is 2.01. The molecule has 0 spiro atoms. The minimum Gasteiger partial charge on any atom is -0.267 e. The SMILES string of the molecule is Cc1ccccc1C(=O)Nn1cncn1. The van der Waals surface area contributed by atoms with Gasteiger partial charge in [-0.1, -0.05) is 18.2 Å². The second-order valence-corrected chi connectivity index (χ2v) is 3.10. The standard InChI is InChI=1S/C10H10N4O/c1-8-4-2-3-5-9(8)10(15)13-14-7-11-6-12-14/h2-7H,1H3,(H,13,15). The lowest BCUT2D eigenvalue weighted by Gasteiger charge is -2.05. The maximum Gasteiger partial charge on any atom is 0.271 e. The molecule has 15 heavy (non-hydrogen) atoms. The van der Waals surface area contributed by atoms with Crippen LogP contribution in [0.25, 0.3) is 0 Å². The Morgan fingerprint density at radius 1 is 1.40 bits per heavy atom. The average Bonchev–Trinajstić information content (AvgIpc) is 2.71. The van der Waals surface area contributed by atoms with E-state index in [2.05, 4.69) is 15.5 Å². The first-order chi connectivity index (χ1) is 7.27. The zero-order valence-electron chi connectivity index (χ0n) is 8.21. The Morgan fingerprint density at radius 3 is 2.87 bits per heavy atom. The van der Waals surface area contributed by atoms with Crippen LogP contribution in [0.5, 0.6) is 0 Å². The highest BCUT2D eigenvalue weighted by Gasteiger charge is 2.07. The van der Waals surface area contributed by atoms with Crippen LogP contribution in [0.15, 0.2) is 36.9 Å². The van der Waals surface area contributed by atoms with Gasteiger partial charge in [0.15, 0.2) is 0 Å². The van der Waals surface area contributed by atoms with Gasteiger partial charge in [0.2, 0.25) is 0 Å². The molecule has 0 aliphatic rings. The van der Waals surface area contributed by atoms with Crippen molar-refractivity contribution in [2.45, 2.75) is 6.92 Å². The first-order valence-corrected chi connectivity index (χ1v) is 4.49. The maximum atomic E-state index is 11.7. The number of nitrogens with one attached hydrogen (secondary N) is 1. The van der Waals surface area contributed by atoms with Gasteiger partial charge in [-0.15, -0.1) is 5.10 Å². The highest BCUT2D eigenvalue weighted by Crippen LogP contribution is 2.06. The molecule has 1 heterocycles. The van der Waals surface area contributed by atoms with Crippen LogP contribution in [-0.4, -0.2) is 20.8 Å². The van der Waals surface area contributed by atoms with Gasteiger partial charge in [-0.05, 0) is 18.6 Å². The highest BCUT2D eigenvalue weighted by molar-refractivity contribution is 6.00. The van der Waals surface area contributed by atoms with Crippen LogP contribution in [0.1, 0.15) is 15.9 Å². The molecule has 2 aromatic rings. The summed E-state index contributed by atoms with van der Waals surface area (Å²) in [6.07, 6.45) is 2.79. The van der Waals surface area contributed by atoms with E-state index in [-0.39, 0.29) is 5.91 Å². The van der Waals surface area contributed by atoms with E-state index in [0.717, 1.165) is 5.56 Å². The van der Waals surface area contributed by atoms with Gasteiger partial charge in [0.05, 0.1) is 0 Å². The van der Waals surface area contributed by atoms with Crippen LogP contribution in [0, 0.1) is 6.92 Å². The molecular formula is C10H10N4O. The molecule has 0 unspecified atom stereocenters. The van der Waals surface area contributed by atoms with E-state index >= 15 is 0 Å². The van der Waals surface area contributed by atoms with Crippen molar-refractivity contribution in [1.29, 1.82) is 0 Å². The summed E-state index contributed by atoms with van der Waals surface area (Å²) in [5.41, 5.74) is 4.14. The first-order valence-electron chi connectivity index (χ1n) is 4.49. The number of benzene rings is 1. The molecule has 0 saturated carbocycles. The number of hydrogen-bond donors (Lipinski definition) is 1. The normalized spacial score (nSPS) is 9.93. The Labute approximate surface area is 86.7 Å².